The van der Waals surface area contributed by atoms with Crippen molar-refractivity contribution < 1.29 is 4.74 Å². The SMILES string of the molecule is COCC1(CNC(C)C)CC2CC2C1. The summed E-state index contributed by atoms with van der Waals surface area (Å²) in [6.07, 6.45) is 4.28. The summed E-state index contributed by atoms with van der Waals surface area (Å²) in [7, 11) is 1.83. The Labute approximate surface area is 87.4 Å². The summed E-state index contributed by atoms with van der Waals surface area (Å²) in [5.41, 5.74) is 0.465. The minimum Gasteiger partial charge on any atom is -0.384 e. The first kappa shape index (κ1) is 10.4. The zero-order valence-electron chi connectivity index (χ0n) is 9.68. The van der Waals surface area contributed by atoms with Crippen LogP contribution in [0.4, 0.5) is 0 Å². The van der Waals surface area contributed by atoms with E-state index in [0.717, 1.165) is 25.0 Å². The second kappa shape index (κ2) is 3.82. The molecule has 0 amide bonds. The predicted octanol–water partition coefficient (Wildman–Crippen LogP) is 2.05. The fourth-order valence-corrected chi connectivity index (χ4v) is 3.05. The molecule has 2 rings (SSSR count). The number of hydrogen-bond acceptors (Lipinski definition) is 2. The first-order valence-corrected chi connectivity index (χ1v) is 5.87. The third-order valence-corrected chi connectivity index (χ3v) is 3.80. The van der Waals surface area contributed by atoms with E-state index in [0.29, 0.717) is 11.5 Å². The molecule has 14 heavy (non-hydrogen) atoms. The van der Waals surface area contributed by atoms with Crippen molar-refractivity contribution in [3.63, 3.8) is 0 Å². The first-order chi connectivity index (χ1) is 6.65. The molecule has 2 saturated carbocycles. The third-order valence-electron chi connectivity index (χ3n) is 3.80. The lowest BCUT2D eigenvalue weighted by Gasteiger charge is -2.31. The minimum absolute atomic E-state index is 0.465. The third kappa shape index (κ3) is 2.12. The Morgan fingerprint density at radius 2 is 2.00 bits per heavy atom. The van der Waals surface area contributed by atoms with E-state index in [1.165, 1.54) is 19.3 Å². The molecule has 0 aliphatic heterocycles. The molecule has 0 spiro atoms. The van der Waals surface area contributed by atoms with Gasteiger partial charge in [0.15, 0.2) is 0 Å². The summed E-state index contributed by atoms with van der Waals surface area (Å²) in [5, 5.41) is 3.57. The summed E-state index contributed by atoms with van der Waals surface area (Å²) in [6.45, 7) is 6.53. The maximum Gasteiger partial charge on any atom is 0.0531 e. The highest BCUT2D eigenvalue weighted by Gasteiger charge is 2.53. The van der Waals surface area contributed by atoms with E-state index in [4.69, 9.17) is 4.74 Å². The van der Waals surface area contributed by atoms with Crippen molar-refractivity contribution in [2.24, 2.45) is 17.3 Å². The molecule has 2 aliphatic carbocycles. The van der Waals surface area contributed by atoms with Crippen LogP contribution in [0.2, 0.25) is 0 Å². The van der Waals surface area contributed by atoms with E-state index in [9.17, 15) is 0 Å². The lowest BCUT2D eigenvalue weighted by Crippen LogP contribution is -2.39. The summed E-state index contributed by atoms with van der Waals surface area (Å²) in [5.74, 6) is 2.08. The minimum atomic E-state index is 0.465. The van der Waals surface area contributed by atoms with Crippen LogP contribution in [-0.4, -0.2) is 26.3 Å². The number of methoxy groups -OCH3 is 1. The monoisotopic (exact) mass is 197 g/mol. The standard InChI is InChI=1S/C12H23NO/c1-9(2)13-7-12(8-14-3)5-10-4-11(10)6-12/h9-11,13H,4-8H2,1-3H3. The molecule has 2 atom stereocenters. The van der Waals surface area contributed by atoms with Crippen molar-refractivity contribution in [3.05, 3.63) is 0 Å². The van der Waals surface area contributed by atoms with Crippen molar-refractivity contribution in [2.45, 2.75) is 39.2 Å². The zero-order chi connectivity index (χ0) is 10.2. The second-order valence-electron chi connectivity index (χ2n) is 5.63. The van der Waals surface area contributed by atoms with Crippen LogP contribution in [0.15, 0.2) is 0 Å². The summed E-state index contributed by atoms with van der Waals surface area (Å²) in [6, 6.07) is 0.598. The zero-order valence-corrected chi connectivity index (χ0v) is 9.68. The van der Waals surface area contributed by atoms with Gasteiger partial charge in [-0.1, -0.05) is 13.8 Å². The quantitative estimate of drug-likeness (QED) is 0.728. The van der Waals surface area contributed by atoms with Gasteiger partial charge < -0.3 is 10.1 Å². The van der Waals surface area contributed by atoms with Crippen molar-refractivity contribution in [3.8, 4) is 0 Å². The Morgan fingerprint density at radius 1 is 1.36 bits per heavy atom. The summed E-state index contributed by atoms with van der Waals surface area (Å²) in [4.78, 5) is 0. The molecule has 0 radical (unpaired) electrons. The number of hydrogen-bond donors (Lipinski definition) is 1. The molecule has 0 aromatic heterocycles. The molecular weight excluding hydrogens is 174 g/mol. The van der Waals surface area contributed by atoms with Crippen LogP contribution in [0, 0.1) is 17.3 Å². The van der Waals surface area contributed by atoms with Gasteiger partial charge in [-0.15, -0.1) is 0 Å². The molecule has 2 heteroatoms. The van der Waals surface area contributed by atoms with Crippen LogP contribution in [0.25, 0.3) is 0 Å². The molecule has 0 aromatic rings. The Balaban J connectivity index is 1.86. The molecule has 82 valence electrons. The van der Waals surface area contributed by atoms with Crippen molar-refractivity contribution in [1.82, 2.24) is 5.32 Å². The van der Waals surface area contributed by atoms with E-state index < -0.39 is 0 Å². The van der Waals surface area contributed by atoms with E-state index in [2.05, 4.69) is 19.2 Å². The van der Waals surface area contributed by atoms with E-state index in [-0.39, 0.29) is 0 Å². The van der Waals surface area contributed by atoms with Gasteiger partial charge in [-0.2, -0.15) is 0 Å². The molecule has 0 heterocycles. The maximum atomic E-state index is 5.39. The van der Waals surface area contributed by atoms with E-state index >= 15 is 0 Å². The van der Waals surface area contributed by atoms with Crippen LogP contribution < -0.4 is 5.32 Å². The highest BCUT2D eigenvalue weighted by atomic mass is 16.5. The normalized spacial score (nSPS) is 40.3. The van der Waals surface area contributed by atoms with Crippen LogP contribution in [0.1, 0.15) is 33.1 Å². The number of ether oxygens (including phenoxy) is 1. The molecule has 2 nitrogen and oxygen atoms in total. The fourth-order valence-electron chi connectivity index (χ4n) is 3.05. The average molecular weight is 197 g/mol. The Morgan fingerprint density at radius 3 is 2.50 bits per heavy atom. The van der Waals surface area contributed by atoms with Gasteiger partial charge >= 0.3 is 0 Å². The smallest absolute Gasteiger partial charge is 0.0531 e. The van der Waals surface area contributed by atoms with Crippen LogP contribution in [-0.2, 0) is 4.74 Å². The highest BCUT2D eigenvalue weighted by Crippen LogP contribution is 2.59. The Kier molecular flexibility index (Phi) is 2.85. The molecule has 0 aromatic carbocycles. The Hall–Kier alpha value is -0.0800. The number of fused-ring (bicyclic) bond motifs is 1. The first-order valence-electron chi connectivity index (χ1n) is 5.87. The maximum absolute atomic E-state index is 5.39. The molecule has 1 N–H and O–H groups in total. The number of rotatable bonds is 5. The lowest BCUT2D eigenvalue weighted by molar-refractivity contribution is 0.0718. The van der Waals surface area contributed by atoms with Crippen molar-refractivity contribution >= 4 is 0 Å². The molecule has 2 unspecified atom stereocenters. The predicted molar refractivity (Wildman–Crippen MR) is 58.3 cm³/mol. The van der Waals surface area contributed by atoms with Gasteiger partial charge in [-0.05, 0) is 31.1 Å². The van der Waals surface area contributed by atoms with Gasteiger partial charge in [0.05, 0.1) is 6.61 Å². The van der Waals surface area contributed by atoms with Crippen LogP contribution in [0.5, 0.6) is 0 Å². The van der Waals surface area contributed by atoms with E-state index in [1.54, 1.807) is 0 Å². The van der Waals surface area contributed by atoms with Crippen molar-refractivity contribution in [1.29, 1.82) is 0 Å². The van der Waals surface area contributed by atoms with Gasteiger partial charge in [0.25, 0.3) is 0 Å². The average Bonchev–Trinajstić information content (AvgIpc) is 2.73. The highest BCUT2D eigenvalue weighted by molar-refractivity contribution is 5.04. The molecule has 0 bridgehead atoms. The molecule has 2 fully saturated rings. The molecule has 0 saturated heterocycles. The van der Waals surface area contributed by atoms with Crippen LogP contribution in [0.3, 0.4) is 0 Å². The number of nitrogens with one attached hydrogen (secondary N) is 1. The second-order valence-corrected chi connectivity index (χ2v) is 5.63. The largest absolute Gasteiger partial charge is 0.384 e. The van der Waals surface area contributed by atoms with Gasteiger partial charge in [0.2, 0.25) is 0 Å². The molecular formula is C12H23NO. The summed E-state index contributed by atoms with van der Waals surface area (Å²) >= 11 is 0. The van der Waals surface area contributed by atoms with Crippen molar-refractivity contribution in [2.75, 3.05) is 20.3 Å². The lowest BCUT2D eigenvalue weighted by atomic mass is 9.83. The molecule has 2 aliphatic rings. The van der Waals surface area contributed by atoms with Gasteiger partial charge in [0.1, 0.15) is 0 Å². The fraction of sp³-hybridized carbons (Fsp3) is 1.00. The topological polar surface area (TPSA) is 21.3 Å². The van der Waals surface area contributed by atoms with Gasteiger partial charge in [-0.3, -0.25) is 0 Å². The van der Waals surface area contributed by atoms with Crippen LogP contribution >= 0.6 is 0 Å². The summed E-state index contributed by atoms with van der Waals surface area (Å²) < 4.78 is 5.39. The van der Waals surface area contributed by atoms with E-state index in [1.807, 2.05) is 7.11 Å². The van der Waals surface area contributed by atoms with Gasteiger partial charge in [0, 0.05) is 25.1 Å². The Bertz CT molecular complexity index is 192. The van der Waals surface area contributed by atoms with Gasteiger partial charge in [-0.25, -0.2) is 0 Å².